The molecule has 1 aliphatic heterocycles. The van der Waals surface area contributed by atoms with Crippen LogP contribution in [0.15, 0.2) is 30.5 Å². The fourth-order valence-electron chi connectivity index (χ4n) is 2.61. The highest BCUT2D eigenvalue weighted by Crippen LogP contribution is 2.33. The van der Waals surface area contributed by atoms with E-state index in [2.05, 4.69) is 15.6 Å². The lowest BCUT2D eigenvalue weighted by Gasteiger charge is -2.11. The fourth-order valence-corrected chi connectivity index (χ4v) is 2.61. The van der Waals surface area contributed by atoms with Crippen LogP contribution in [-0.4, -0.2) is 28.1 Å². The van der Waals surface area contributed by atoms with Gasteiger partial charge in [0.25, 0.3) is 0 Å². The highest BCUT2D eigenvalue weighted by molar-refractivity contribution is 5.42. The zero-order chi connectivity index (χ0) is 14.9. The number of aromatic nitrogens is 3. The average Bonchev–Trinajstić information content (AvgIpc) is 3.10. The Labute approximate surface area is 120 Å². The zero-order valence-electron chi connectivity index (χ0n) is 11.3. The van der Waals surface area contributed by atoms with Crippen molar-refractivity contribution in [3.05, 3.63) is 41.7 Å². The number of hydrogen-bond acceptors (Lipinski definition) is 3. The van der Waals surface area contributed by atoms with Crippen LogP contribution in [-0.2, 0) is 12.6 Å². The topological polar surface area (TPSA) is 42.7 Å². The summed E-state index contributed by atoms with van der Waals surface area (Å²) in [5, 5.41) is 11.1. The molecule has 0 aliphatic carbocycles. The van der Waals surface area contributed by atoms with E-state index < -0.39 is 11.7 Å². The summed E-state index contributed by atoms with van der Waals surface area (Å²) in [5.74, 6) is 0.480. The van der Waals surface area contributed by atoms with Gasteiger partial charge in [0, 0.05) is 0 Å². The fraction of sp³-hybridized carbons (Fsp3) is 0.429. The van der Waals surface area contributed by atoms with Crippen LogP contribution in [0.5, 0.6) is 0 Å². The first-order valence-electron chi connectivity index (χ1n) is 6.82. The predicted molar refractivity (Wildman–Crippen MR) is 71.0 cm³/mol. The molecule has 1 aliphatic rings. The Hall–Kier alpha value is -1.89. The van der Waals surface area contributed by atoms with Crippen LogP contribution >= 0.6 is 0 Å². The van der Waals surface area contributed by atoms with Crippen molar-refractivity contribution in [3.8, 4) is 5.69 Å². The largest absolute Gasteiger partial charge is 0.418 e. The van der Waals surface area contributed by atoms with Crippen molar-refractivity contribution < 1.29 is 13.2 Å². The van der Waals surface area contributed by atoms with Gasteiger partial charge in [-0.2, -0.15) is 13.2 Å². The molecule has 21 heavy (non-hydrogen) atoms. The molecule has 2 heterocycles. The molecule has 112 valence electrons. The van der Waals surface area contributed by atoms with Crippen molar-refractivity contribution >= 4 is 0 Å². The van der Waals surface area contributed by atoms with Gasteiger partial charge in [0.1, 0.15) is 0 Å². The van der Waals surface area contributed by atoms with Crippen LogP contribution in [0.1, 0.15) is 17.7 Å². The Morgan fingerprint density at radius 1 is 1.29 bits per heavy atom. The summed E-state index contributed by atoms with van der Waals surface area (Å²) in [6.45, 7) is 1.90. The number of nitrogens with zero attached hydrogens (tertiary/aromatic N) is 3. The van der Waals surface area contributed by atoms with E-state index in [0.717, 1.165) is 37.7 Å². The molecule has 1 saturated heterocycles. The molecule has 1 N–H and O–H groups in total. The molecule has 0 saturated carbocycles. The molecule has 1 aromatic heterocycles. The van der Waals surface area contributed by atoms with E-state index in [-0.39, 0.29) is 5.69 Å². The summed E-state index contributed by atoms with van der Waals surface area (Å²) in [6.07, 6.45) is -1.02. The summed E-state index contributed by atoms with van der Waals surface area (Å²) in [7, 11) is 0. The summed E-state index contributed by atoms with van der Waals surface area (Å²) < 4.78 is 40.2. The van der Waals surface area contributed by atoms with Crippen molar-refractivity contribution in [1.29, 1.82) is 0 Å². The Morgan fingerprint density at radius 2 is 2.10 bits per heavy atom. The van der Waals surface area contributed by atoms with Crippen LogP contribution < -0.4 is 5.32 Å². The molecule has 1 atom stereocenters. The molecule has 2 aromatic rings. The second-order valence-electron chi connectivity index (χ2n) is 5.23. The maximum Gasteiger partial charge on any atom is 0.418 e. The monoisotopic (exact) mass is 296 g/mol. The van der Waals surface area contributed by atoms with Crippen LogP contribution in [0.25, 0.3) is 5.69 Å². The number of benzene rings is 1. The molecule has 3 rings (SSSR count). The van der Waals surface area contributed by atoms with Gasteiger partial charge in [-0.3, -0.25) is 0 Å². The molecular formula is C14H15F3N4. The molecular weight excluding hydrogens is 281 g/mol. The van der Waals surface area contributed by atoms with Gasteiger partial charge in [-0.15, -0.1) is 5.10 Å². The van der Waals surface area contributed by atoms with E-state index in [1.165, 1.54) is 16.8 Å². The second kappa shape index (κ2) is 5.48. The molecule has 1 aromatic carbocycles. The molecule has 1 unspecified atom stereocenters. The van der Waals surface area contributed by atoms with Crippen molar-refractivity contribution in [2.24, 2.45) is 5.92 Å². The SMILES string of the molecule is FC(F)(F)c1ccccc1-n1cc(CC2CCNC2)nn1. The average molecular weight is 296 g/mol. The molecule has 0 spiro atoms. The third-order valence-electron chi connectivity index (χ3n) is 3.66. The normalized spacial score (nSPS) is 19.1. The maximum atomic E-state index is 13.0. The summed E-state index contributed by atoms with van der Waals surface area (Å²) in [4.78, 5) is 0. The maximum absolute atomic E-state index is 13.0. The second-order valence-corrected chi connectivity index (χ2v) is 5.23. The van der Waals surface area contributed by atoms with E-state index >= 15 is 0 Å². The van der Waals surface area contributed by atoms with Gasteiger partial charge in [-0.1, -0.05) is 17.3 Å². The molecule has 0 radical (unpaired) electrons. The van der Waals surface area contributed by atoms with Gasteiger partial charge in [0.15, 0.2) is 0 Å². The highest BCUT2D eigenvalue weighted by atomic mass is 19.4. The highest BCUT2D eigenvalue weighted by Gasteiger charge is 2.34. The van der Waals surface area contributed by atoms with E-state index in [9.17, 15) is 13.2 Å². The zero-order valence-corrected chi connectivity index (χ0v) is 11.3. The Morgan fingerprint density at radius 3 is 2.81 bits per heavy atom. The summed E-state index contributed by atoms with van der Waals surface area (Å²) in [5.41, 5.74) is 0.0259. The summed E-state index contributed by atoms with van der Waals surface area (Å²) >= 11 is 0. The molecule has 0 bridgehead atoms. The van der Waals surface area contributed by atoms with Crippen LogP contribution in [0, 0.1) is 5.92 Å². The van der Waals surface area contributed by atoms with Gasteiger partial charge in [-0.25, -0.2) is 4.68 Å². The van der Waals surface area contributed by atoms with E-state index in [4.69, 9.17) is 0 Å². The van der Waals surface area contributed by atoms with Gasteiger partial charge < -0.3 is 5.32 Å². The van der Waals surface area contributed by atoms with Crippen LogP contribution in [0.4, 0.5) is 13.2 Å². The lowest BCUT2D eigenvalue weighted by atomic mass is 10.0. The number of halogens is 3. The summed E-state index contributed by atoms with van der Waals surface area (Å²) in [6, 6.07) is 5.39. The van der Waals surface area contributed by atoms with E-state index in [0.29, 0.717) is 5.92 Å². The van der Waals surface area contributed by atoms with Crippen LogP contribution in [0.3, 0.4) is 0 Å². The predicted octanol–water partition coefficient (Wildman–Crippen LogP) is 2.44. The smallest absolute Gasteiger partial charge is 0.316 e. The lowest BCUT2D eigenvalue weighted by Crippen LogP contribution is -2.11. The minimum Gasteiger partial charge on any atom is -0.316 e. The Balaban J connectivity index is 1.86. The quantitative estimate of drug-likeness (QED) is 0.946. The minimum atomic E-state index is -4.40. The molecule has 4 nitrogen and oxygen atoms in total. The van der Waals surface area contributed by atoms with Crippen molar-refractivity contribution in [1.82, 2.24) is 20.3 Å². The number of hydrogen-bond donors (Lipinski definition) is 1. The van der Waals surface area contributed by atoms with Gasteiger partial charge >= 0.3 is 6.18 Å². The van der Waals surface area contributed by atoms with Gasteiger partial charge in [-0.05, 0) is 44.0 Å². The van der Waals surface area contributed by atoms with Gasteiger partial charge in [0.05, 0.1) is 23.1 Å². The molecule has 7 heteroatoms. The van der Waals surface area contributed by atoms with Crippen molar-refractivity contribution in [2.45, 2.75) is 19.0 Å². The van der Waals surface area contributed by atoms with Crippen molar-refractivity contribution in [2.75, 3.05) is 13.1 Å². The Kier molecular flexibility index (Phi) is 3.67. The lowest BCUT2D eigenvalue weighted by molar-refractivity contribution is -0.137. The number of para-hydroxylation sites is 1. The number of nitrogens with one attached hydrogen (secondary N) is 1. The first-order chi connectivity index (χ1) is 10.0. The van der Waals surface area contributed by atoms with Crippen molar-refractivity contribution in [3.63, 3.8) is 0 Å². The van der Waals surface area contributed by atoms with E-state index in [1.54, 1.807) is 12.3 Å². The first-order valence-corrected chi connectivity index (χ1v) is 6.82. The Bertz CT molecular complexity index is 615. The van der Waals surface area contributed by atoms with E-state index in [1.807, 2.05) is 0 Å². The standard InChI is InChI=1S/C14H15F3N4/c15-14(16,17)12-3-1-2-4-13(12)21-9-11(19-20-21)7-10-5-6-18-8-10/h1-4,9-10,18H,5-8H2. The molecule has 1 fully saturated rings. The number of rotatable bonds is 3. The molecule has 0 amide bonds. The van der Waals surface area contributed by atoms with Crippen LogP contribution in [0.2, 0.25) is 0 Å². The number of alkyl halides is 3. The third-order valence-corrected chi connectivity index (χ3v) is 3.66. The van der Waals surface area contributed by atoms with Gasteiger partial charge in [0.2, 0.25) is 0 Å². The minimum absolute atomic E-state index is 0.00768. The first kappa shape index (κ1) is 14.1. The third kappa shape index (κ3) is 3.07.